The molecule has 500 valence electrons. The number of aliphatic hydroxyl groups excluding tert-OH is 8. The van der Waals surface area contributed by atoms with Crippen molar-refractivity contribution in [2.24, 2.45) is 0 Å². The Morgan fingerprint density at radius 1 is 0.425 bits per heavy atom. The van der Waals surface area contributed by atoms with E-state index < -0.39 is 86.8 Å². The first-order valence-corrected chi connectivity index (χ1v) is 34.6. The maximum atomic E-state index is 13.3. The fourth-order valence-electron chi connectivity index (χ4n) is 10.7. The van der Waals surface area contributed by atoms with Gasteiger partial charge < -0.3 is 65.1 Å². The molecule has 2 aliphatic heterocycles. The van der Waals surface area contributed by atoms with E-state index in [9.17, 15) is 45.6 Å². The topological polar surface area (TPSA) is 228 Å². The fraction of sp³-hybridized carbons (Fsp3) is 0.740. The summed E-state index contributed by atoms with van der Waals surface area (Å²) in [4.78, 5) is 13.3. The Hall–Kier alpha value is -3.35. The van der Waals surface area contributed by atoms with E-state index in [0.717, 1.165) is 83.5 Å². The van der Waals surface area contributed by atoms with Gasteiger partial charge in [-0.25, -0.2) is 0 Å². The number of hydrogen-bond donors (Lipinski definition) is 9. The third-order valence-corrected chi connectivity index (χ3v) is 16.2. The molecule has 2 heterocycles. The average Bonchev–Trinajstić information content (AvgIpc) is 3.71. The summed E-state index contributed by atoms with van der Waals surface area (Å²) in [5.41, 5.74) is 0. The van der Waals surface area contributed by atoms with Gasteiger partial charge in [0.05, 0.1) is 32.0 Å². The van der Waals surface area contributed by atoms with Crippen LogP contribution in [0.25, 0.3) is 0 Å². The van der Waals surface area contributed by atoms with Gasteiger partial charge in [0.15, 0.2) is 12.6 Å². The second-order valence-electron chi connectivity index (χ2n) is 23.9. The van der Waals surface area contributed by atoms with Gasteiger partial charge in [0, 0.05) is 6.42 Å². The Morgan fingerprint density at radius 3 is 1.26 bits per heavy atom. The fourth-order valence-corrected chi connectivity index (χ4v) is 10.7. The van der Waals surface area contributed by atoms with Crippen molar-refractivity contribution >= 4 is 5.91 Å². The van der Waals surface area contributed by atoms with E-state index >= 15 is 0 Å². The summed E-state index contributed by atoms with van der Waals surface area (Å²) < 4.78 is 22.8. The summed E-state index contributed by atoms with van der Waals surface area (Å²) in [6.45, 7) is 2.66. The highest BCUT2D eigenvalue weighted by Gasteiger charge is 2.51. The first-order chi connectivity index (χ1) is 42.6. The Kier molecular flexibility index (Phi) is 51.9. The van der Waals surface area contributed by atoms with Crippen molar-refractivity contribution in [3.63, 3.8) is 0 Å². The third-order valence-electron chi connectivity index (χ3n) is 16.2. The Labute approximate surface area is 527 Å². The van der Waals surface area contributed by atoms with Crippen molar-refractivity contribution in [2.75, 3.05) is 19.8 Å². The monoisotopic (exact) mass is 1220 g/mol. The number of nitrogens with one attached hydrogen (secondary N) is 1. The highest BCUT2D eigenvalue weighted by molar-refractivity contribution is 5.76. The molecule has 12 unspecified atom stereocenters. The van der Waals surface area contributed by atoms with Crippen LogP contribution in [0.4, 0.5) is 0 Å². The van der Waals surface area contributed by atoms with E-state index in [1.54, 1.807) is 6.08 Å². The second kappa shape index (κ2) is 56.6. The van der Waals surface area contributed by atoms with Crippen molar-refractivity contribution in [1.29, 1.82) is 0 Å². The van der Waals surface area contributed by atoms with Crippen molar-refractivity contribution in [3.8, 4) is 0 Å². The van der Waals surface area contributed by atoms with Gasteiger partial charge in [0.1, 0.15) is 48.8 Å². The molecule has 0 aromatic carbocycles. The molecule has 0 radical (unpaired) electrons. The number of hydrogen-bond acceptors (Lipinski definition) is 13. The van der Waals surface area contributed by atoms with Gasteiger partial charge in [-0.05, 0) is 96.3 Å². The van der Waals surface area contributed by atoms with E-state index in [1.165, 1.54) is 135 Å². The summed E-state index contributed by atoms with van der Waals surface area (Å²) in [6.07, 6.45) is 64.3. The first-order valence-electron chi connectivity index (χ1n) is 34.6. The largest absolute Gasteiger partial charge is 0.394 e. The first kappa shape index (κ1) is 79.7. The normalized spacial score (nSPS) is 24.0. The molecule has 12 atom stereocenters. The smallest absolute Gasteiger partial charge is 0.220 e. The molecule has 87 heavy (non-hydrogen) atoms. The zero-order chi connectivity index (χ0) is 63.1. The molecular formula is C73H125NO13. The third kappa shape index (κ3) is 40.9. The van der Waals surface area contributed by atoms with Crippen molar-refractivity contribution in [1.82, 2.24) is 5.32 Å². The average molecular weight is 1220 g/mol. The minimum Gasteiger partial charge on any atom is -0.394 e. The summed E-state index contributed by atoms with van der Waals surface area (Å²) in [5, 5.41) is 87.3. The standard InChI is InChI=1S/C73H125NO13/c1-3-5-7-9-11-13-15-17-19-21-23-24-25-26-27-28-29-30-31-32-33-34-35-36-37-38-39-41-43-45-47-49-51-53-55-57-65(78)74-61(62(77)56-54-52-50-48-46-44-42-40-22-20-18-16-14-12-10-8-6-4-2)60-84-72-70(83)68(81)71(64(59-76)86-72)87-73-69(82)67(80)66(79)63(58-75)85-73/h5,7,11,13,17,19,22-24,26-27,29-30,40,46,48,54,56,61-64,66-73,75-77,79-83H,3-4,6,8-10,12,14-16,18,20-21,25,28,31-39,41-45,47,49-53,55,57-60H2,1-2H3,(H,74,78)/b7-5-,13-11-,19-17-,24-23-,27-26-,30-29-,40-22+,48-46+,56-54+. The van der Waals surface area contributed by atoms with Gasteiger partial charge in [-0.2, -0.15) is 0 Å². The van der Waals surface area contributed by atoms with Gasteiger partial charge >= 0.3 is 0 Å². The van der Waals surface area contributed by atoms with Crippen molar-refractivity contribution in [3.05, 3.63) is 109 Å². The molecule has 2 saturated heterocycles. The lowest BCUT2D eigenvalue weighted by Gasteiger charge is -2.46. The molecule has 0 spiro atoms. The number of amides is 1. The molecule has 14 heteroatoms. The van der Waals surface area contributed by atoms with Gasteiger partial charge in [0.2, 0.25) is 5.91 Å². The van der Waals surface area contributed by atoms with Crippen LogP contribution in [0, 0.1) is 0 Å². The molecule has 0 aliphatic carbocycles. The van der Waals surface area contributed by atoms with E-state index in [1.807, 2.05) is 6.08 Å². The Bertz CT molecular complexity index is 1880. The highest BCUT2D eigenvalue weighted by Crippen LogP contribution is 2.30. The number of carbonyl (C=O) groups is 1. The van der Waals surface area contributed by atoms with Gasteiger partial charge in [-0.1, -0.05) is 258 Å². The molecule has 1 amide bonds. The van der Waals surface area contributed by atoms with E-state index in [2.05, 4.69) is 116 Å². The SMILES string of the molecule is CC/C=C\C/C=C\C/C=C\C/C=C\C/C=C\C/C=C\CCCCCCCCCCCCCCCCCCC(=O)NC(COC1OC(CO)C(OC2OC(CO)C(O)C(O)C2O)C(O)C1O)C(O)/C=C/CC/C=C/CC/C=C/CCCCCCCCCC. The lowest BCUT2D eigenvalue weighted by Crippen LogP contribution is -2.65. The Morgan fingerprint density at radius 2 is 0.805 bits per heavy atom. The molecule has 14 nitrogen and oxygen atoms in total. The number of aliphatic hydroxyl groups is 8. The maximum absolute atomic E-state index is 13.3. The molecule has 2 aliphatic rings. The van der Waals surface area contributed by atoms with E-state index in [-0.39, 0.29) is 18.9 Å². The quantitative estimate of drug-likeness (QED) is 0.0204. The number of allylic oxidation sites excluding steroid dienone is 17. The lowest BCUT2D eigenvalue weighted by atomic mass is 9.97. The van der Waals surface area contributed by atoms with Gasteiger partial charge in [0.25, 0.3) is 0 Å². The van der Waals surface area contributed by atoms with Crippen LogP contribution in [0.3, 0.4) is 0 Å². The maximum Gasteiger partial charge on any atom is 0.220 e. The molecule has 0 bridgehead atoms. The molecule has 0 saturated carbocycles. The van der Waals surface area contributed by atoms with Crippen molar-refractivity contribution in [2.45, 2.75) is 325 Å². The minimum atomic E-state index is -1.80. The van der Waals surface area contributed by atoms with Crippen LogP contribution in [-0.4, -0.2) is 140 Å². The molecule has 2 rings (SSSR count). The predicted octanol–water partition coefficient (Wildman–Crippen LogP) is 14.0. The van der Waals surface area contributed by atoms with Gasteiger partial charge in [-0.15, -0.1) is 0 Å². The summed E-state index contributed by atoms with van der Waals surface area (Å²) >= 11 is 0. The number of unbranched alkanes of at least 4 members (excludes halogenated alkanes) is 26. The zero-order valence-electron chi connectivity index (χ0n) is 54.2. The van der Waals surface area contributed by atoms with Crippen LogP contribution in [0.5, 0.6) is 0 Å². The van der Waals surface area contributed by atoms with Gasteiger partial charge in [-0.3, -0.25) is 4.79 Å². The van der Waals surface area contributed by atoms with Crippen LogP contribution in [0.15, 0.2) is 109 Å². The summed E-state index contributed by atoms with van der Waals surface area (Å²) in [5.74, 6) is -0.256. The molecule has 0 aromatic rings. The lowest BCUT2D eigenvalue weighted by molar-refractivity contribution is -0.359. The summed E-state index contributed by atoms with van der Waals surface area (Å²) in [7, 11) is 0. The van der Waals surface area contributed by atoms with Crippen LogP contribution >= 0.6 is 0 Å². The van der Waals surface area contributed by atoms with Crippen LogP contribution in [-0.2, 0) is 23.7 Å². The minimum absolute atomic E-state index is 0.256. The Balaban J connectivity index is 1.66. The van der Waals surface area contributed by atoms with Crippen LogP contribution in [0.1, 0.15) is 251 Å². The highest BCUT2D eigenvalue weighted by atomic mass is 16.7. The van der Waals surface area contributed by atoms with E-state index in [0.29, 0.717) is 12.8 Å². The van der Waals surface area contributed by atoms with Crippen molar-refractivity contribution < 1.29 is 64.6 Å². The molecular weight excluding hydrogens is 1100 g/mol. The van der Waals surface area contributed by atoms with Crippen LogP contribution in [0.2, 0.25) is 0 Å². The zero-order valence-corrected chi connectivity index (χ0v) is 54.2. The number of ether oxygens (including phenoxy) is 4. The second-order valence-corrected chi connectivity index (χ2v) is 23.9. The summed E-state index contributed by atoms with van der Waals surface area (Å²) in [6, 6.07) is -0.944. The van der Waals surface area contributed by atoms with Crippen LogP contribution < -0.4 is 5.32 Å². The molecule has 0 aromatic heterocycles. The number of carbonyl (C=O) groups excluding carboxylic acids is 1. The predicted molar refractivity (Wildman–Crippen MR) is 355 cm³/mol. The molecule has 2 fully saturated rings. The molecule has 9 N–H and O–H groups in total. The number of rotatable bonds is 55. The van der Waals surface area contributed by atoms with E-state index in [4.69, 9.17) is 18.9 Å².